The van der Waals surface area contributed by atoms with Gasteiger partial charge in [-0.2, -0.15) is 0 Å². The minimum Gasteiger partial charge on any atom is -0.0683 e. The normalized spacial score (nSPS) is 10.4. The smallest absolute Gasteiger partial charge is 0.0149 e. The summed E-state index contributed by atoms with van der Waals surface area (Å²) >= 11 is 0. The molecule has 23 heavy (non-hydrogen) atoms. The fraction of sp³-hybridized carbons (Fsp3) is 0.478. The van der Waals surface area contributed by atoms with Crippen LogP contribution < -0.4 is 0 Å². The highest BCUT2D eigenvalue weighted by Gasteiger charge is 2.10. The number of hydrogen-bond donors (Lipinski definition) is 0. The number of hydrogen-bond acceptors (Lipinski definition) is 0. The molecule has 0 heterocycles. The van der Waals surface area contributed by atoms with Gasteiger partial charge in [0.25, 0.3) is 0 Å². The maximum atomic E-state index is 2.40. The van der Waals surface area contributed by atoms with Crippen LogP contribution in [0.25, 0.3) is 11.1 Å². The standard InChI is InChI=1S/C21H28.C2H6/c1-6-8-19-13-16(5)9-11-21(19)20-12-10-18(15(3)4)14-17(20)7-2;1-2/h9-15H,6-8H2,1-5H3;1-2H3. The maximum Gasteiger partial charge on any atom is -0.0149 e. The molecular formula is C23H34. The van der Waals surface area contributed by atoms with E-state index < -0.39 is 0 Å². The number of rotatable bonds is 5. The van der Waals surface area contributed by atoms with E-state index in [4.69, 9.17) is 0 Å². The van der Waals surface area contributed by atoms with Crippen molar-refractivity contribution >= 4 is 0 Å². The third-order valence-electron chi connectivity index (χ3n) is 4.25. The molecule has 0 fully saturated rings. The molecule has 0 aliphatic heterocycles. The van der Waals surface area contributed by atoms with Crippen molar-refractivity contribution in [3.8, 4) is 11.1 Å². The van der Waals surface area contributed by atoms with E-state index in [1.165, 1.54) is 39.8 Å². The van der Waals surface area contributed by atoms with Crippen LogP contribution in [0.3, 0.4) is 0 Å². The highest BCUT2D eigenvalue weighted by Crippen LogP contribution is 2.31. The van der Waals surface area contributed by atoms with Gasteiger partial charge in [-0.15, -0.1) is 0 Å². The van der Waals surface area contributed by atoms with Crippen molar-refractivity contribution in [3.05, 3.63) is 58.7 Å². The molecular weight excluding hydrogens is 276 g/mol. The van der Waals surface area contributed by atoms with Gasteiger partial charge in [-0.05, 0) is 53.5 Å². The summed E-state index contributed by atoms with van der Waals surface area (Å²) in [4.78, 5) is 0. The van der Waals surface area contributed by atoms with Crippen molar-refractivity contribution in [2.24, 2.45) is 0 Å². The summed E-state index contributed by atoms with van der Waals surface area (Å²) in [5.41, 5.74) is 8.62. The highest BCUT2D eigenvalue weighted by molar-refractivity contribution is 5.71. The van der Waals surface area contributed by atoms with Crippen LogP contribution in [0.2, 0.25) is 0 Å². The third-order valence-corrected chi connectivity index (χ3v) is 4.25. The minimum absolute atomic E-state index is 0.595. The molecule has 0 unspecified atom stereocenters. The second-order valence-corrected chi connectivity index (χ2v) is 6.34. The monoisotopic (exact) mass is 310 g/mol. The zero-order valence-electron chi connectivity index (χ0n) is 16.2. The molecule has 0 saturated heterocycles. The number of aryl methyl sites for hydroxylation is 3. The van der Waals surface area contributed by atoms with Gasteiger partial charge < -0.3 is 0 Å². The van der Waals surface area contributed by atoms with E-state index in [0.717, 1.165) is 12.8 Å². The van der Waals surface area contributed by atoms with Crippen LogP contribution >= 0.6 is 0 Å². The van der Waals surface area contributed by atoms with Crippen molar-refractivity contribution in [2.45, 2.75) is 73.6 Å². The lowest BCUT2D eigenvalue weighted by Gasteiger charge is -2.16. The third kappa shape index (κ3) is 4.96. The van der Waals surface area contributed by atoms with Gasteiger partial charge in [-0.1, -0.05) is 89.9 Å². The van der Waals surface area contributed by atoms with Crippen LogP contribution in [0, 0.1) is 6.92 Å². The summed E-state index contributed by atoms with van der Waals surface area (Å²) in [6, 6.07) is 13.9. The molecule has 2 aromatic rings. The van der Waals surface area contributed by atoms with Gasteiger partial charge in [0.15, 0.2) is 0 Å². The van der Waals surface area contributed by atoms with Gasteiger partial charge in [-0.25, -0.2) is 0 Å². The Kier molecular flexibility index (Phi) is 8.09. The molecule has 2 aromatic carbocycles. The van der Waals surface area contributed by atoms with Gasteiger partial charge in [0.1, 0.15) is 0 Å². The molecule has 0 radical (unpaired) electrons. The molecule has 0 aromatic heterocycles. The van der Waals surface area contributed by atoms with Crippen molar-refractivity contribution in [3.63, 3.8) is 0 Å². The van der Waals surface area contributed by atoms with Crippen molar-refractivity contribution < 1.29 is 0 Å². The van der Waals surface area contributed by atoms with Gasteiger partial charge in [0.2, 0.25) is 0 Å². The molecule has 0 N–H and O–H groups in total. The van der Waals surface area contributed by atoms with Crippen molar-refractivity contribution in [1.82, 2.24) is 0 Å². The van der Waals surface area contributed by atoms with Crippen molar-refractivity contribution in [2.75, 3.05) is 0 Å². The van der Waals surface area contributed by atoms with E-state index in [0.29, 0.717) is 5.92 Å². The Bertz CT molecular complexity index is 605. The van der Waals surface area contributed by atoms with Crippen LogP contribution in [0.4, 0.5) is 0 Å². The second-order valence-electron chi connectivity index (χ2n) is 6.34. The van der Waals surface area contributed by atoms with E-state index in [1.807, 2.05) is 13.8 Å². The van der Waals surface area contributed by atoms with Crippen LogP contribution in [-0.4, -0.2) is 0 Å². The maximum absolute atomic E-state index is 2.40. The van der Waals surface area contributed by atoms with Gasteiger partial charge in [0, 0.05) is 0 Å². The second kappa shape index (κ2) is 9.55. The molecule has 0 atom stereocenters. The van der Waals surface area contributed by atoms with E-state index in [9.17, 15) is 0 Å². The molecule has 0 amide bonds. The SMILES string of the molecule is CC.CCCc1cc(C)ccc1-c1ccc(C(C)C)cc1CC. The molecule has 126 valence electrons. The van der Waals surface area contributed by atoms with Gasteiger partial charge in [-0.3, -0.25) is 0 Å². The Balaban J connectivity index is 0.00000127. The Hall–Kier alpha value is -1.56. The first-order valence-electron chi connectivity index (χ1n) is 9.29. The van der Waals surface area contributed by atoms with Gasteiger partial charge >= 0.3 is 0 Å². The summed E-state index contributed by atoms with van der Waals surface area (Å²) in [5.74, 6) is 0.595. The fourth-order valence-electron chi connectivity index (χ4n) is 2.99. The average molecular weight is 311 g/mol. The predicted molar refractivity (Wildman–Crippen MR) is 105 cm³/mol. The van der Waals surface area contributed by atoms with Crippen LogP contribution in [0.5, 0.6) is 0 Å². The van der Waals surface area contributed by atoms with Crippen LogP contribution in [-0.2, 0) is 12.8 Å². The molecule has 0 heteroatoms. The topological polar surface area (TPSA) is 0 Å². The molecule has 0 saturated carbocycles. The summed E-state index contributed by atoms with van der Waals surface area (Å²) in [7, 11) is 0. The van der Waals surface area contributed by atoms with Gasteiger partial charge in [0.05, 0.1) is 0 Å². The molecule has 0 nitrogen and oxygen atoms in total. The Morgan fingerprint density at radius 1 is 0.826 bits per heavy atom. The Labute approximate surface area is 144 Å². The summed E-state index contributed by atoms with van der Waals surface area (Å²) in [5, 5.41) is 0. The van der Waals surface area contributed by atoms with E-state index in [1.54, 1.807) is 0 Å². The first-order chi connectivity index (χ1) is 11.1. The molecule has 0 aliphatic carbocycles. The Morgan fingerprint density at radius 3 is 2.00 bits per heavy atom. The number of benzene rings is 2. The lowest BCUT2D eigenvalue weighted by atomic mass is 9.89. The van der Waals surface area contributed by atoms with E-state index in [-0.39, 0.29) is 0 Å². The fourth-order valence-corrected chi connectivity index (χ4v) is 2.99. The minimum atomic E-state index is 0.595. The van der Waals surface area contributed by atoms with Crippen molar-refractivity contribution in [1.29, 1.82) is 0 Å². The quantitative estimate of drug-likeness (QED) is 0.542. The summed E-state index contributed by atoms with van der Waals surface area (Å²) in [6.45, 7) is 15.2. The van der Waals surface area contributed by atoms with E-state index in [2.05, 4.69) is 71.0 Å². The predicted octanol–water partition coefficient (Wildman–Crippen LogP) is 7.33. The first kappa shape index (κ1) is 19.5. The lowest BCUT2D eigenvalue weighted by molar-refractivity contribution is 0.862. The largest absolute Gasteiger partial charge is 0.0683 e. The molecule has 2 rings (SSSR count). The average Bonchev–Trinajstić information content (AvgIpc) is 2.56. The molecule has 0 bridgehead atoms. The zero-order chi connectivity index (χ0) is 17.4. The van der Waals surface area contributed by atoms with Crippen LogP contribution in [0.15, 0.2) is 36.4 Å². The summed E-state index contributed by atoms with van der Waals surface area (Å²) < 4.78 is 0. The van der Waals surface area contributed by atoms with Crippen LogP contribution in [0.1, 0.15) is 76.1 Å². The summed E-state index contributed by atoms with van der Waals surface area (Å²) in [6.07, 6.45) is 3.45. The zero-order valence-corrected chi connectivity index (χ0v) is 16.2. The highest BCUT2D eigenvalue weighted by atomic mass is 14.2. The first-order valence-corrected chi connectivity index (χ1v) is 9.29. The Morgan fingerprint density at radius 2 is 1.43 bits per heavy atom. The molecule has 0 spiro atoms. The lowest BCUT2D eigenvalue weighted by Crippen LogP contribution is -1.97. The molecule has 0 aliphatic rings. The van der Waals surface area contributed by atoms with E-state index >= 15 is 0 Å².